The summed E-state index contributed by atoms with van der Waals surface area (Å²) in [7, 11) is 0. The molecule has 0 fully saturated rings. The molecule has 2 heteroatoms. The smallest absolute Gasteiger partial charge is 0.219 e. The lowest BCUT2D eigenvalue weighted by atomic mass is 9.99. The van der Waals surface area contributed by atoms with Gasteiger partial charge in [-0.05, 0) is 18.3 Å². The molecule has 0 saturated heterocycles. The maximum Gasteiger partial charge on any atom is 0.219 e. The third-order valence-corrected chi connectivity index (χ3v) is 1.84. The zero-order chi connectivity index (χ0) is 9.56. The Labute approximate surface area is 75.7 Å². The highest BCUT2D eigenvalue weighted by Gasteiger charge is 2.05. The maximum atomic E-state index is 10.9. The summed E-state index contributed by atoms with van der Waals surface area (Å²) in [5.74, 6) is 1.48. The maximum absolute atomic E-state index is 10.9. The number of rotatable bonds is 5. The molecular weight excluding hydrogens is 150 g/mol. The highest BCUT2D eigenvalue weighted by molar-refractivity contribution is 5.75. The van der Waals surface area contributed by atoms with Crippen molar-refractivity contribution in [3.63, 3.8) is 0 Å². The third-order valence-electron chi connectivity index (χ3n) is 1.84. The Bertz CT molecular complexity index is 132. The van der Waals surface area contributed by atoms with E-state index in [4.69, 9.17) is 0 Å². The quantitative estimate of drug-likeness (QED) is 0.675. The van der Waals surface area contributed by atoms with Crippen LogP contribution in [0.1, 0.15) is 40.5 Å². The minimum absolute atomic E-state index is 0.158. The highest BCUT2D eigenvalue weighted by Crippen LogP contribution is 2.09. The van der Waals surface area contributed by atoms with Gasteiger partial charge in [0.15, 0.2) is 0 Å². The fraction of sp³-hybridized carbons (Fsp3) is 0.900. The Morgan fingerprint density at radius 2 is 1.92 bits per heavy atom. The van der Waals surface area contributed by atoms with Gasteiger partial charge in [-0.25, -0.2) is 0 Å². The first kappa shape index (κ1) is 11.5. The number of carbonyl (C=O) groups is 1. The molecule has 72 valence electrons. The fourth-order valence-electron chi connectivity index (χ4n) is 1.30. The average Bonchev–Trinajstić information content (AvgIpc) is 1.99. The van der Waals surface area contributed by atoms with E-state index in [9.17, 15) is 4.79 Å². The van der Waals surface area contributed by atoms with Crippen LogP contribution in [0, 0.1) is 11.8 Å². The van der Waals surface area contributed by atoms with Gasteiger partial charge in [0.05, 0.1) is 0 Å². The molecule has 0 aliphatic carbocycles. The van der Waals surface area contributed by atoms with E-state index in [1.165, 1.54) is 6.42 Å². The molecule has 0 heterocycles. The van der Waals surface area contributed by atoms with Crippen LogP contribution in [0.5, 0.6) is 0 Å². The average molecular weight is 171 g/mol. The summed E-state index contributed by atoms with van der Waals surface area (Å²) < 4.78 is 0. The van der Waals surface area contributed by atoms with Crippen molar-refractivity contribution in [2.75, 3.05) is 6.54 Å². The van der Waals surface area contributed by atoms with Crippen LogP contribution in [0.15, 0.2) is 0 Å². The zero-order valence-corrected chi connectivity index (χ0v) is 8.68. The Hall–Kier alpha value is -0.530. The molecule has 1 atom stereocenters. The van der Waals surface area contributed by atoms with Gasteiger partial charge in [-0.2, -0.15) is 0 Å². The second kappa shape index (κ2) is 6.04. The predicted molar refractivity (Wildman–Crippen MR) is 51.9 cm³/mol. The van der Waals surface area contributed by atoms with Gasteiger partial charge in [-0.15, -0.1) is 0 Å². The van der Waals surface area contributed by atoms with E-state index in [1.807, 2.05) is 6.92 Å². The molecule has 0 aliphatic heterocycles. The van der Waals surface area contributed by atoms with Crippen LogP contribution in [0.3, 0.4) is 0 Å². The second-order valence-corrected chi connectivity index (χ2v) is 3.89. The largest absolute Gasteiger partial charge is 0.356 e. The summed E-state index contributed by atoms with van der Waals surface area (Å²) in [5, 5.41) is 2.90. The molecule has 0 aromatic carbocycles. The normalized spacial score (nSPS) is 13.1. The first-order chi connectivity index (χ1) is 5.56. The van der Waals surface area contributed by atoms with Crippen molar-refractivity contribution in [1.29, 1.82) is 0 Å². The van der Waals surface area contributed by atoms with Crippen LogP contribution < -0.4 is 5.32 Å². The van der Waals surface area contributed by atoms with Crippen molar-refractivity contribution in [3.8, 4) is 0 Å². The molecule has 0 unspecified atom stereocenters. The molecule has 12 heavy (non-hydrogen) atoms. The van der Waals surface area contributed by atoms with Crippen molar-refractivity contribution in [2.45, 2.75) is 40.5 Å². The molecule has 0 aromatic rings. The summed E-state index contributed by atoms with van der Waals surface area (Å²) in [4.78, 5) is 10.9. The monoisotopic (exact) mass is 171 g/mol. The Kier molecular flexibility index (Phi) is 5.77. The SMILES string of the molecule is CCC(=O)NC[C@H](C)CC(C)C. The fourth-order valence-corrected chi connectivity index (χ4v) is 1.30. The van der Waals surface area contributed by atoms with Gasteiger partial charge in [-0.1, -0.05) is 27.7 Å². The molecule has 2 nitrogen and oxygen atoms in total. The lowest BCUT2D eigenvalue weighted by Gasteiger charge is -2.14. The Balaban J connectivity index is 3.43. The van der Waals surface area contributed by atoms with E-state index in [0.29, 0.717) is 12.3 Å². The van der Waals surface area contributed by atoms with E-state index < -0.39 is 0 Å². The lowest BCUT2D eigenvalue weighted by Crippen LogP contribution is -2.27. The molecular formula is C10H21NO. The van der Waals surface area contributed by atoms with Crippen molar-refractivity contribution >= 4 is 5.91 Å². The zero-order valence-electron chi connectivity index (χ0n) is 8.68. The number of carbonyl (C=O) groups excluding carboxylic acids is 1. The molecule has 1 amide bonds. The number of amides is 1. The van der Waals surface area contributed by atoms with Crippen molar-refractivity contribution in [1.82, 2.24) is 5.32 Å². The molecule has 0 radical (unpaired) electrons. The van der Waals surface area contributed by atoms with Crippen molar-refractivity contribution in [2.24, 2.45) is 11.8 Å². The molecule has 0 rings (SSSR count). The number of hydrogen-bond donors (Lipinski definition) is 1. The summed E-state index contributed by atoms with van der Waals surface area (Å²) in [6.45, 7) is 9.29. The lowest BCUT2D eigenvalue weighted by molar-refractivity contribution is -0.120. The molecule has 0 aromatic heterocycles. The van der Waals surface area contributed by atoms with Gasteiger partial charge >= 0.3 is 0 Å². The molecule has 0 aliphatic rings. The van der Waals surface area contributed by atoms with Gasteiger partial charge in [0.2, 0.25) is 5.91 Å². The molecule has 1 N–H and O–H groups in total. The van der Waals surface area contributed by atoms with Gasteiger partial charge in [0.1, 0.15) is 0 Å². The van der Waals surface area contributed by atoms with E-state index in [2.05, 4.69) is 26.1 Å². The number of nitrogens with one attached hydrogen (secondary N) is 1. The van der Waals surface area contributed by atoms with Crippen LogP contribution >= 0.6 is 0 Å². The molecule has 0 bridgehead atoms. The summed E-state index contributed by atoms with van der Waals surface area (Å²) in [6.07, 6.45) is 1.78. The summed E-state index contributed by atoms with van der Waals surface area (Å²) in [5.41, 5.74) is 0. The first-order valence-electron chi connectivity index (χ1n) is 4.83. The van der Waals surface area contributed by atoms with Crippen molar-refractivity contribution < 1.29 is 4.79 Å². The summed E-state index contributed by atoms with van der Waals surface area (Å²) >= 11 is 0. The van der Waals surface area contributed by atoms with Crippen LogP contribution in [0.2, 0.25) is 0 Å². The van der Waals surface area contributed by atoms with Gasteiger partial charge in [0, 0.05) is 13.0 Å². The molecule has 0 spiro atoms. The van der Waals surface area contributed by atoms with E-state index in [1.54, 1.807) is 0 Å². The van der Waals surface area contributed by atoms with Crippen LogP contribution in [-0.4, -0.2) is 12.5 Å². The van der Waals surface area contributed by atoms with Gasteiger partial charge in [-0.3, -0.25) is 4.79 Å². The molecule has 0 saturated carbocycles. The number of hydrogen-bond acceptors (Lipinski definition) is 1. The standard InChI is InChI=1S/C10H21NO/c1-5-10(12)11-7-9(4)6-8(2)3/h8-9H,5-7H2,1-4H3,(H,11,12)/t9-/m1/s1. The van der Waals surface area contributed by atoms with E-state index in [-0.39, 0.29) is 5.91 Å². The van der Waals surface area contributed by atoms with Gasteiger partial charge < -0.3 is 5.32 Å². The van der Waals surface area contributed by atoms with Gasteiger partial charge in [0.25, 0.3) is 0 Å². The minimum Gasteiger partial charge on any atom is -0.356 e. The second-order valence-electron chi connectivity index (χ2n) is 3.89. The van der Waals surface area contributed by atoms with Crippen molar-refractivity contribution in [3.05, 3.63) is 0 Å². The van der Waals surface area contributed by atoms with Crippen LogP contribution in [0.25, 0.3) is 0 Å². The Morgan fingerprint density at radius 1 is 1.33 bits per heavy atom. The Morgan fingerprint density at radius 3 is 2.33 bits per heavy atom. The van der Waals surface area contributed by atoms with Crippen LogP contribution in [0.4, 0.5) is 0 Å². The topological polar surface area (TPSA) is 29.1 Å². The highest BCUT2D eigenvalue weighted by atomic mass is 16.1. The minimum atomic E-state index is 0.158. The van der Waals surface area contributed by atoms with E-state index in [0.717, 1.165) is 12.5 Å². The summed E-state index contributed by atoms with van der Waals surface area (Å²) in [6, 6.07) is 0. The van der Waals surface area contributed by atoms with E-state index >= 15 is 0 Å². The predicted octanol–water partition coefficient (Wildman–Crippen LogP) is 2.19. The first-order valence-corrected chi connectivity index (χ1v) is 4.83. The third kappa shape index (κ3) is 6.20. The van der Waals surface area contributed by atoms with Crippen LogP contribution in [-0.2, 0) is 4.79 Å².